The number of rotatable bonds is 6. The van der Waals surface area contributed by atoms with E-state index in [1.54, 1.807) is 36.4 Å². The Morgan fingerprint density at radius 1 is 1.03 bits per heavy atom. The van der Waals surface area contributed by atoms with Crippen molar-refractivity contribution in [2.45, 2.75) is 11.8 Å². The van der Waals surface area contributed by atoms with Gasteiger partial charge >= 0.3 is 0 Å². The first-order valence-electron chi connectivity index (χ1n) is 9.46. The third-order valence-corrected chi connectivity index (χ3v) is 6.32. The molecule has 8 heteroatoms. The van der Waals surface area contributed by atoms with Crippen molar-refractivity contribution in [1.82, 2.24) is 4.98 Å². The minimum Gasteiger partial charge on any atom is -0.508 e. The Bertz CT molecular complexity index is 1250. The van der Waals surface area contributed by atoms with Crippen molar-refractivity contribution in [1.29, 1.82) is 0 Å². The van der Waals surface area contributed by atoms with Crippen molar-refractivity contribution < 1.29 is 14.7 Å². The number of aryl methyl sites for hydroxylation is 1. The highest BCUT2D eigenvalue weighted by molar-refractivity contribution is 8.00. The number of hydrogen-bond acceptors (Lipinski definition) is 6. The van der Waals surface area contributed by atoms with Crippen LogP contribution in [0.1, 0.15) is 15.9 Å². The highest BCUT2D eigenvalue weighted by atomic mass is 32.2. The zero-order valence-electron chi connectivity index (χ0n) is 16.6. The maximum Gasteiger partial charge on any atom is 0.257 e. The lowest BCUT2D eigenvalue weighted by atomic mass is 10.1. The number of carbonyl (C=O) groups is 2. The normalized spacial score (nSPS) is 10.7. The molecule has 1 heterocycles. The average Bonchev–Trinajstić information content (AvgIpc) is 3.14. The second kappa shape index (κ2) is 9.20. The molecule has 4 aromatic rings. The fraction of sp³-hybridized carbons (Fsp3) is 0.0870. The molecule has 3 N–H and O–H groups in total. The molecule has 6 nitrogen and oxygen atoms in total. The highest BCUT2D eigenvalue weighted by Gasteiger charge is 2.11. The molecule has 0 radical (unpaired) electrons. The molecule has 0 aliphatic heterocycles. The Hall–Kier alpha value is -3.36. The van der Waals surface area contributed by atoms with Crippen LogP contribution in [0.5, 0.6) is 5.75 Å². The molecule has 156 valence electrons. The van der Waals surface area contributed by atoms with E-state index in [1.807, 2.05) is 37.3 Å². The molecule has 0 saturated heterocycles. The molecule has 0 spiro atoms. The van der Waals surface area contributed by atoms with E-state index in [0.29, 0.717) is 16.4 Å². The van der Waals surface area contributed by atoms with E-state index in [1.165, 1.54) is 23.1 Å². The van der Waals surface area contributed by atoms with Crippen LogP contribution < -0.4 is 10.6 Å². The molecule has 0 saturated carbocycles. The monoisotopic (exact) mass is 449 g/mol. The summed E-state index contributed by atoms with van der Waals surface area (Å²) in [6, 6.07) is 19.6. The molecule has 4 rings (SSSR count). The fourth-order valence-electron chi connectivity index (χ4n) is 2.85. The lowest BCUT2D eigenvalue weighted by molar-refractivity contribution is -0.113. The third kappa shape index (κ3) is 5.42. The molecule has 0 aliphatic carbocycles. The minimum atomic E-state index is -0.212. The van der Waals surface area contributed by atoms with Gasteiger partial charge in [0.2, 0.25) is 5.91 Å². The van der Waals surface area contributed by atoms with Gasteiger partial charge < -0.3 is 10.4 Å². The van der Waals surface area contributed by atoms with Crippen molar-refractivity contribution >= 4 is 55.9 Å². The molecule has 0 fully saturated rings. The summed E-state index contributed by atoms with van der Waals surface area (Å²) >= 11 is 2.70. The van der Waals surface area contributed by atoms with Crippen LogP contribution in [0, 0.1) is 6.92 Å². The summed E-state index contributed by atoms with van der Waals surface area (Å²) in [7, 11) is 0. The van der Waals surface area contributed by atoms with Crippen molar-refractivity contribution in [3.8, 4) is 5.75 Å². The van der Waals surface area contributed by atoms with Crippen LogP contribution in [0.25, 0.3) is 10.2 Å². The van der Waals surface area contributed by atoms with Crippen LogP contribution >= 0.6 is 23.1 Å². The van der Waals surface area contributed by atoms with Gasteiger partial charge in [0, 0.05) is 16.1 Å². The third-order valence-electron chi connectivity index (χ3n) is 4.39. The van der Waals surface area contributed by atoms with E-state index in [0.717, 1.165) is 20.7 Å². The van der Waals surface area contributed by atoms with Crippen molar-refractivity contribution in [3.05, 3.63) is 77.9 Å². The molecule has 0 unspecified atom stereocenters. The first-order chi connectivity index (χ1) is 15.0. The Kier molecular flexibility index (Phi) is 6.20. The van der Waals surface area contributed by atoms with Crippen molar-refractivity contribution in [3.63, 3.8) is 0 Å². The lowest BCUT2D eigenvalue weighted by Gasteiger charge is -2.05. The number of carbonyl (C=O) groups excluding carboxylic acids is 2. The van der Waals surface area contributed by atoms with E-state index in [4.69, 9.17) is 0 Å². The number of nitrogens with one attached hydrogen (secondary N) is 2. The number of nitrogens with zero attached hydrogens (tertiary/aromatic N) is 1. The molecular formula is C23H19N3O3S2. The second-order valence-corrected chi connectivity index (χ2v) is 8.94. The predicted molar refractivity (Wildman–Crippen MR) is 126 cm³/mol. The van der Waals surface area contributed by atoms with Gasteiger partial charge in [-0.15, -0.1) is 11.8 Å². The molecule has 0 atom stereocenters. The van der Waals surface area contributed by atoms with Gasteiger partial charge in [0.15, 0.2) is 5.13 Å². The molecular weight excluding hydrogens is 430 g/mol. The number of anilines is 2. The zero-order valence-corrected chi connectivity index (χ0v) is 18.2. The maximum atomic E-state index is 12.4. The van der Waals surface area contributed by atoms with Gasteiger partial charge in [0.1, 0.15) is 5.75 Å². The van der Waals surface area contributed by atoms with Crippen LogP contribution in [0.2, 0.25) is 0 Å². The molecule has 2 amide bonds. The van der Waals surface area contributed by atoms with E-state index >= 15 is 0 Å². The predicted octanol–water partition coefficient (Wildman–Crippen LogP) is 5.29. The van der Waals surface area contributed by atoms with Crippen LogP contribution in [0.3, 0.4) is 0 Å². The molecule has 31 heavy (non-hydrogen) atoms. The molecule has 1 aromatic heterocycles. The zero-order chi connectivity index (χ0) is 21.8. The van der Waals surface area contributed by atoms with Gasteiger partial charge in [-0.2, -0.15) is 0 Å². The first-order valence-corrected chi connectivity index (χ1v) is 11.3. The van der Waals surface area contributed by atoms with Crippen LogP contribution in [0.15, 0.2) is 71.6 Å². The van der Waals surface area contributed by atoms with Crippen molar-refractivity contribution in [2.75, 3.05) is 16.4 Å². The summed E-state index contributed by atoms with van der Waals surface area (Å²) < 4.78 is 0.859. The molecule has 0 bridgehead atoms. The number of benzene rings is 3. The number of amides is 2. The quantitative estimate of drug-likeness (QED) is 0.348. The van der Waals surface area contributed by atoms with Gasteiger partial charge in [0.25, 0.3) is 5.91 Å². The van der Waals surface area contributed by atoms with Gasteiger partial charge in [-0.05, 0) is 55.5 Å². The average molecular weight is 450 g/mol. The summed E-state index contributed by atoms with van der Waals surface area (Å²) in [5.74, 6) is 0.0372. The molecule has 3 aromatic carbocycles. The Morgan fingerprint density at radius 3 is 2.61 bits per heavy atom. The Balaban J connectivity index is 1.39. The number of thioether (sulfide) groups is 1. The lowest BCUT2D eigenvalue weighted by Crippen LogP contribution is -2.13. The van der Waals surface area contributed by atoms with E-state index < -0.39 is 0 Å². The summed E-state index contributed by atoms with van der Waals surface area (Å²) in [6.07, 6.45) is 0. The van der Waals surface area contributed by atoms with E-state index in [2.05, 4.69) is 15.6 Å². The van der Waals surface area contributed by atoms with Crippen LogP contribution in [-0.2, 0) is 4.79 Å². The summed E-state index contributed by atoms with van der Waals surface area (Å²) in [4.78, 5) is 29.9. The van der Waals surface area contributed by atoms with E-state index in [-0.39, 0.29) is 23.3 Å². The van der Waals surface area contributed by atoms with Gasteiger partial charge in [-0.1, -0.05) is 35.1 Å². The number of phenols is 1. The number of aromatic nitrogens is 1. The summed E-state index contributed by atoms with van der Waals surface area (Å²) in [5, 5.41) is 15.7. The first kappa shape index (κ1) is 20.9. The number of aromatic hydroxyl groups is 1. The largest absolute Gasteiger partial charge is 0.508 e. The van der Waals surface area contributed by atoms with Gasteiger partial charge in [0.05, 0.1) is 16.0 Å². The minimum absolute atomic E-state index is 0.148. The van der Waals surface area contributed by atoms with Crippen LogP contribution in [-0.4, -0.2) is 27.7 Å². The topological polar surface area (TPSA) is 91.3 Å². The maximum absolute atomic E-state index is 12.4. The Labute approximate surface area is 187 Å². The Morgan fingerprint density at radius 2 is 1.84 bits per heavy atom. The van der Waals surface area contributed by atoms with E-state index in [9.17, 15) is 14.7 Å². The number of fused-ring (bicyclic) bond motifs is 1. The van der Waals surface area contributed by atoms with Gasteiger partial charge in [-0.3, -0.25) is 14.9 Å². The summed E-state index contributed by atoms with van der Waals surface area (Å²) in [5.41, 5.74) is 3.07. The fourth-order valence-corrected chi connectivity index (χ4v) is 4.50. The number of phenolic OH excluding ortho intramolecular Hbond substituents is 1. The van der Waals surface area contributed by atoms with Gasteiger partial charge in [-0.25, -0.2) is 4.98 Å². The summed E-state index contributed by atoms with van der Waals surface area (Å²) in [6.45, 7) is 1.97. The second-order valence-electron chi connectivity index (χ2n) is 6.86. The standard InChI is InChI=1S/C23H19N3O3S2/c1-14-5-7-15(8-6-14)22(29)26-23-25-19-10-9-16(11-20(19)31-23)24-21(28)13-30-18-4-2-3-17(27)12-18/h2-12,27H,13H2,1H3,(H,24,28)(H,25,26,29). The molecule has 0 aliphatic rings. The van der Waals surface area contributed by atoms with Crippen LogP contribution in [0.4, 0.5) is 10.8 Å². The SMILES string of the molecule is Cc1ccc(C(=O)Nc2nc3ccc(NC(=O)CSc4cccc(O)c4)cc3s2)cc1. The smallest absolute Gasteiger partial charge is 0.257 e. The number of thiazole rings is 1. The highest BCUT2D eigenvalue weighted by Crippen LogP contribution is 2.29. The number of hydrogen-bond donors (Lipinski definition) is 3. The van der Waals surface area contributed by atoms with Crippen molar-refractivity contribution in [2.24, 2.45) is 0 Å².